The van der Waals surface area contributed by atoms with Crippen LogP contribution in [0.4, 0.5) is 24.5 Å². The molecule has 4 nitrogen and oxygen atoms in total. The lowest BCUT2D eigenvalue weighted by Gasteiger charge is -2.19. The third-order valence-electron chi connectivity index (χ3n) is 4.33. The van der Waals surface area contributed by atoms with E-state index < -0.39 is 17.6 Å². The number of nitrogens with one attached hydrogen (secondary N) is 1. The van der Waals surface area contributed by atoms with E-state index in [-0.39, 0.29) is 16.4 Å². The molecule has 3 rings (SSSR count). The largest absolute Gasteiger partial charge is 0.418 e. The molecule has 1 amide bonds. The summed E-state index contributed by atoms with van der Waals surface area (Å²) in [5, 5.41) is 3.22. The number of anilines is 2. The van der Waals surface area contributed by atoms with Crippen molar-refractivity contribution in [3.05, 3.63) is 58.7 Å². The second kappa shape index (κ2) is 6.81. The van der Waals surface area contributed by atoms with E-state index in [2.05, 4.69) is 5.32 Å². The van der Waals surface area contributed by atoms with E-state index in [9.17, 15) is 18.0 Å². The highest BCUT2D eigenvalue weighted by Crippen LogP contribution is 2.38. The van der Waals surface area contributed by atoms with E-state index in [0.29, 0.717) is 16.6 Å². The predicted molar refractivity (Wildman–Crippen MR) is 102 cm³/mol. The van der Waals surface area contributed by atoms with Crippen LogP contribution in [0.15, 0.2) is 42.5 Å². The van der Waals surface area contributed by atoms with Crippen molar-refractivity contribution in [2.24, 2.45) is 7.05 Å². The summed E-state index contributed by atoms with van der Waals surface area (Å²) in [5.74, 6) is -0.707. The fraction of sp³-hybridized carbons (Fsp3) is 0.211. The quantitative estimate of drug-likeness (QED) is 0.664. The maximum atomic E-state index is 13.5. The van der Waals surface area contributed by atoms with Crippen molar-refractivity contribution < 1.29 is 18.0 Å². The molecule has 0 unspecified atom stereocenters. The highest BCUT2D eigenvalue weighted by Gasteiger charge is 2.35. The minimum absolute atomic E-state index is 0.0997. The molecule has 0 saturated carbocycles. The molecule has 8 heteroatoms. The van der Waals surface area contributed by atoms with E-state index in [1.165, 1.54) is 12.1 Å². The normalized spacial score (nSPS) is 11.7. The molecule has 0 atom stereocenters. The van der Waals surface area contributed by atoms with Crippen LogP contribution in [-0.2, 0) is 13.2 Å². The molecule has 0 aliphatic rings. The second-order valence-corrected chi connectivity index (χ2v) is 6.69. The number of para-hydroxylation sites is 1. The number of aromatic nitrogens is 1. The highest BCUT2D eigenvalue weighted by atomic mass is 35.5. The van der Waals surface area contributed by atoms with Gasteiger partial charge in [0.1, 0.15) is 5.69 Å². The molecule has 27 heavy (non-hydrogen) atoms. The minimum Gasteiger partial charge on any atom is -0.378 e. The summed E-state index contributed by atoms with van der Waals surface area (Å²) in [6.45, 7) is 0. The number of aryl methyl sites for hydroxylation is 1. The summed E-state index contributed by atoms with van der Waals surface area (Å²) in [6.07, 6.45) is -4.61. The van der Waals surface area contributed by atoms with Gasteiger partial charge in [0.2, 0.25) is 0 Å². The Hall–Kier alpha value is -2.67. The number of fused-ring (bicyclic) bond motifs is 1. The lowest BCUT2D eigenvalue weighted by molar-refractivity contribution is -0.136. The standard InChI is InChI=1S/C19H17ClF3N3O/c1-25(2)11-8-9-14(13(10-11)19(21,22)23)24-18(27)17-16(20)12-6-4-5-7-15(12)26(17)3/h4-10H,1-3H3,(H,24,27). The fourth-order valence-electron chi connectivity index (χ4n) is 2.93. The first kappa shape index (κ1) is 19.1. The summed E-state index contributed by atoms with van der Waals surface area (Å²) < 4.78 is 42.0. The highest BCUT2D eigenvalue weighted by molar-refractivity contribution is 6.39. The SMILES string of the molecule is CN(C)c1ccc(NC(=O)c2c(Cl)c3ccccc3n2C)c(C(F)(F)F)c1. The lowest BCUT2D eigenvalue weighted by atomic mass is 10.1. The average molecular weight is 396 g/mol. The number of alkyl halides is 3. The Morgan fingerprint density at radius 1 is 1.15 bits per heavy atom. The number of nitrogens with zero attached hydrogens (tertiary/aromatic N) is 2. The van der Waals surface area contributed by atoms with Crippen LogP contribution in [0.25, 0.3) is 10.9 Å². The molecule has 142 valence electrons. The van der Waals surface area contributed by atoms with Gasteiger partial charge in [0.05, 0.1) is 16.3 Å². The van der Waals surface area contributed by atoms with Crippen molar-refractivity contribution in [3.63, 3.8) is 0 Å². The van der Waals surface area contributed by atoms with Crippen molar-refractivity contribution in [3.8, 4) is 0 Å². The number of benzene rings is 2. The van der Waals surface area contributed by atoms with Gasteiger partial charge in [0, 0.05) is 37.7 Å². The molecule has 0 fully saturated rings. The maximum absolute atomic E-state index is 13.5. The molecular weight excluding hydrogens is 379 g/mol. The Labute approximate surface area is 159 Å². The van der Waals surface area contributed by atoms with Gasteiger partial charge in [0.25, 0.3) is 5.91 Å². The summed E-state index contributed by atoms with van der Waals surface area (Å²) in [4.78, 5) is 14.3. The van der Waals surface area contributed by atoms with Crippen molar-refractivity contribution in [2.75, 3.05) is 24.3 Å². The molecule has 1 heterocycles. The monoisotopic (exact) mass is 395 g/mol. The van der Waals surface area contributed by atoms with Crippen molar-refractivity contribution in [2.45, 2.75) is 6.18 Å². The molecule has 1 N–H and O–H groups in total. The smallest absolute Gasteiger partial charge is 0.378 e. The number of carbonyl (C=O) groups excluding carboxylic acids is 1. The average Bonchev–Trinajstić information content (AvgIpc) is 2.85. The van der Waals surface area contributed by atoms with Gasteiger partial charge in [-0.3, -0.25) is 4.79 Å². The molecule has 0 aliphatic carbocycles. The van der Waals surface area contributed by atoms with Crippen LogP contribution >= 0.6 is 11.6 Å². The van der Waals surface area contributed by atoms with E-state index >= 15 is 0 Å². The lowest BCUT2D eigenvalue weighted by Crippen LogP contribution is -2.20. The molecule has 0 spiro atoms. The topological polar surface area (TPSA) is 37.3 Å². The van der Waals surface area contributed by atoms with Gasteiger partial charge >= 0.3 is 6.18 Å². The number of hydrogen-bond acceptors (Lipinski definition) is 2. The van der Waals surface area contributed by atoms with Crippen LogP contribution in [0.3, 0.4) is 0 Å². The number of amides is 1. The molecule has 0 radical (unpaired) electrons. The fourth-order valence-corrected chi connectivity index (χ4v) is 3.31. The Bertz CT molecular complexity index is 986. The number of carbonyl (C=O) groups is 1. The molecular formula is C19H17ClF3N3O. The first-order chi connectivity index (χ1) is 12.6. The molecule has 3 aromatic rings. The Balaban J connectivity index is 2.05. The summed E-state index contributed by atoms with van der Waals surface area (Å²) in [6, 6.07) is 10.9. The summed E-state index contributed by atoms with van der Waals surface area (Å²) in [5.41, 5.74) is -0.0475. The first-order valence-corrected chi connectivity index (χ1v) is 8.42. The van der Waals surface area contributed by atoms with Gasteiger partial charge in [0.15, 0.2) is 0 Å². The van der Waals surface area contributed by atoms with E-state index in [0.717, 1.165) is 6.07 Å². The zero-order valence-electron chi connectivity index (χ0n) is 14.9. The summed E-state index contributed by atoms with van der Waals surface area (Å²) >= 11 is 6.31. The number of hydrogen-bond donors (Lipinski definition) is 1. The van der Waals surface area contributed by atoms with Crippen LogP contribution in [-0.4, -0.2) is 24.6 Å². The first-order valence-electron chi connectivity index (χ1n) is 8.04. The van der Waals surface area contributed by atoms with Crippen LogP contribution in [0.5, 0.6) is 0 Å². The van der Waals surface area contributed by atoms with Crippen LogP contribution in [0.1, 0.15) is 16.1 Å². The Kier molecular flexibility index (Phi) is 4.82. The van der Waals surface area contributed by atoms with Gasteiger partial charge < -0.3 is 14.8 Å². The third kappa shape index (κ3) is 3.47. The van der Waals surface area contributed by atoms with Crippen LogP contribution in [0.2, 0.25) is 5.02 Å². The molecule has 0 bridgehead atoms. The van der Waals surface area contributed by atoms with Crippen LogP contribution in [0, 0.1) is 0 Å². The van der Waals surface area contributed by atoms with E-state index in [1.807, 2.05) is 0 Å². The minimum atomic E-state index is -4.61. The number of rotatable bonds is 3. The Morgan fingerprint density at radius 3 is 2.41 bits per heavy atom. The van der Waals surface area contributed by atoms with Gasteiger partial charge in [-0.05, 0) is 24.3 Å². The van der Waals surface area contributed by atoms with Gasteiger partial charge in [-0.1, -0.05) is 29.8 Å². The molecule has 0 aliphatic heterocycles. The van der Waals surface area contributed by atoms with E-state index in [1.54, 1.807) is 54.9 Å². The molecule has 0 saturated heterocycles. The zero-order chi connectivity index (χ0) is 19.9. The van der Waals surface area contributed by atoms with Gasteiger partial charge in [-0.2, -0.15) is 13.2 Å². The number of halogens is 4. The van der Waals surface area contributed by atoms with Crippen molar-refractivity contribution in [1.29, 1.82) is 0 Å². The Morgan fingerprint density at radius 2 is 1.81 bits per heavy atom. The second-order valence-electron chi connectivity index (χ2n) is 6.31. The third-order valence-corrected chi connectivity index (χ3v) is 4.72. The van der Waals surface area contributed by atoms with E-state index in [4.69, 9.17) is 11.6 Å². The molecule has 2 aromatic carbocycles. The van der Waals surface area contributed by atoms with Crippen molar-refractivity contribution >= 4 is 39.8 Å². The van der Waals surface area contributed by atoms with Crippen LogP contribution < -0.4 is 10.2 Å². The van der Waals surface area contributed by atoms with Crippen molar-refractivity contribution in [1.82, 2.24) is 4.57 Å². The molecule has 1 aromatic heterocycles. The van der Waals surface area contributed by atoms with Gasteiger partial charge in [-0.15, -0.1) is 0 Å². The summed E-state index contributed by atoms with van der Waals surface area (Å²) in [7, 11) is 4.93. The zero-order valence-corrected chi connectivity index (χ0v) is 15.6. The predicted octanol–water partition coefficient (Wildman–Crippen LogP) is 5.17. The van der Waals surface area contributed by atoms with Gasteiger partial charge in [-0.25, -0.2) is 0 Å². The maximum Gasteiger partial charge on any atom is 0.418 e.